The largest absolute Gasteiger partial charge is 0.380 e. The summed E-state index contributed by atoms with van der Waals surface area (Å²) in [5.41, 5.74) is 4.98. The molecule has 0 aliphatic rings. The summed E-state index contributed by atoms with van der Waals surface area (Å²) in [6, 6.07) is 13.2. The number of aliphatic hydroxyl groups excluding tert-OH is 1. The first-order valence-electron chi connectivity index (χ1n) is 8.85. The highest BCUT2D eigenvalue weighted by atomic mass is 16.5. The molecule has 0 saturated carbocycles. The van der Waals surface area contributed by atoms with E-state index < -0.39 is 6.10 Å². The lowest BCUT2D eigenvalue weighted by Crippen LogP contribution is -1.97. The maximum absolute atomic E-state index is 10.5. The molecule has 7 heteroatoms. The molecule has 5 aromatic rings. The second-order valence-corrected chi connectivity index (χ2v) is 6.65. The second-order valence-electron chi connectivity index (χ2n) is 6.65. The third-order valence-electron chi connectivity index (χ3n) is 4.76. The van der Waals surface area contributed by atoms with Crippen LogP contribution < -0.4 is 0 Å². The van der Waals surface area contributed by atoms with E-state index in [1.807, 2.05) is 62.0 Å². The molecule has 0 amide bonds. The van der Waals surface area contributed by atoms with Crippen molar-refractivity contribution >= 4 is 11.0 Å². The van der Waals surface area contributed by atoms with Crippen LogP contribution in [0.15, 0.2) is 71.8 Å². The molecule has 0 bridgehead atoms. The zero-order valence-electron chi connectivity index (χ0n) is 15.1. The van der Waals surface area contributed by atoms with Crippen molar-refractivity contribution in [3.63, 3.8) is 0 Å². The van der Waals surface area contributed by atoms with E-state index in [-0.39, 0.29) is 0 Å². The smallest absolute Gasteiger partial charge is 0.170 e. The molecule has 4 aromatic heterocycles. The number of benzene rings is 1. The van der Waals surface area contributed by atoms with Gasteiger partial charge in [0.15, 0.2) is 5.76 Å². The number of fused-ring (bicyclic) bond motifs is 1. The van der Waals surface area contributed by atoms with Crippen LogP contribution in [0.4, 0.5) is 0 Å². The average Bonchev–Trinajstić information content (AvgIpc) is 3.46. The lowest BCUT2D eigenvalue weighted by atomic mass is 10.1. The monoisotopic (exact) mass is 371 g/mol. The Labute approximate surface area is 160 Å². The Bertz CT molecular complexity index is 1250. The number of aromatic nitrogens is 5. The number of rotatable bonds is 4. The van der Waals surface area contributed by atoms with Gasteiger partial charge < -0.3 is 14.6 Å². The first-order chi connectivity index (χ1) is 13.7. The second kappa shape index (κ2) is 6.47. The molecule has 0 aliphatic carbocycles. The van der Waals surface area contributed by atoms with Crippen molar-refractivity contribution in [1.29, 1.82) is 0 Å². The molecular weight excluding hydrogens is 354 g/mol. The summed E-state index contributed by atoms with van der Waals surface area (Å²) in [6.45, 7) is 0. The molecule has 0 aliphatic heterocycles. The molecule has 138 valence electrons. The summed E-state index contributed by atoms with van der Waals surface area (Å²) in [5, 5.41) is 19.9. The van der Waals surface area contributed by atoms with Crippen LogP contribution in [0.5, 0.6) is 0 Å². The molecule has 7 nitrogen and oxygen atoms in total. The quantitative estimate of drug-likeness (QED) is 0.502. The van der Waals surface area contributed by atoms with Gasteiger partial charge in [0.2, 0.25) is 0 Å². The van der Waals surface area contributed by atoms with Gasteiger partial charge in [0.25, 0.3) is 0 Å². The summed E-state index contributed by atoms with van der Waals surface area (Å²) >= 11 is 0. The number of nitrogens with zero attached hydrogens (tertiary/aromatic N) is 4. The van der Waals surface area contributed by atoms with Crippen LogP contribution >= 0.6 is 0 Å². The number of aliphatic hydroxyl groups is 1. The van der Waals surface area contributed by atoms with Crippen molar-refractivity contribution in [1.82, 2.24) is 24.9 Å². The number of pyridine rings is 1. The molecule has 1 atom stereocenters. The van der Waals surface area contributed by atoms with Gasteiger partial charge in [0, 0.05) is 53.8 Å². The molecule has 0 fully saturated rings. The van der Waals surface area contributed by atoms with Gasteiger partial charge in [-0.05, 0) is 11.6 Å². The molecule has 0 saturated heterocycles. The highest BCUT2D eigenvalue weighted by Gasteiger charge is 2.19. The van der Waals surface area contributed by atoms with Gasteiger partial charge in [-0.25, -0.2) is 4.98 Å². The fourth-order valence-electron chi connectivity index (χ4n) is 3.29. The highest BCUT2D eigenvalue weighted by molar-refractivity contribution is 5.94. The molecule has 0 spiro atoms. The summed E-state index contributed by atoms with van der Waals surface area (Å²) in [7, 11) is 1.88. The predicted octanol–water partition coefficient (Wildman–Crippen LogP) is 3.70. The van der Waals surface area contributed by atoms with Crippen LogP contribution in [0, 0.1) is 0 Å². The number of H-pyrrole nitrogens is 1. The van der Waals surface area contributed by atoms with Gasteiger partial charge in [-0.1, -0.05) is 35.5 Å². The van der Waals surface area contributed by atoms with E-state index in [0.717, 1.165) is 33.3 Å². The van der Waals surface area contributed by atoms with Crippen LogP contribution in [-0.4, -0.2) is 30.0 Å². The average molecular weight is 371 g/mol. The molecule has 0 radical (unpaired) electrons. The molecule has 5 rings (SSSR count). The van der Waals surface area contributed by atoms with Crippen molar-refractivity contribution in [2.24, 2.45) is 7.05 Å². The Morgan fingerprint density at radius 1 is 1.11 bits per heavy atom. The van der Waals surface area contributed by atoms with E-state index >= 15 is 0 Å². The van der Waals surface area contributed by atoms with Crippen LogP contribution in [0.3, 0.4) is 0 Å². The Kier molecular flexibility index (Phi) is 3.80. The highest BCUT2D eigenvalue weighted by Crippen LogP contribution is 2.32. The first kappa shape index (κ1) is 16.5. The minimum Gasteiger partial charge on any atom is -0.380 e. The summed E-state index contributed by atoms with van der Waals surface area (Å²) in [4.78, 5) is 7.67. The van der Waals surface area contributed by atoms with Crippen LogP contribution in [0.25, 0.3) is 33.4 Å². The number of aryl methyl sites for hydroxylation is 1. The lowest BCUT2D eigenvalue weighted by Gasteiger charge is -2.05. The third kappa shape index (κ3) is 2.78. The van der Waals surface area contributed by atoms with E-state index in [9.17, 15) is 5.11 Å². The minimum atomic E-state index is -0.864. The topological polar surface area (TPSA) is 92.8 Å². The van der Waals surface area contributed by atoms with E-state index in [2.05, 4.69) is 20.2 Å². The standard InChI is InChI=1S/C21H17N5O2/c1-26-12-15(10-24-26)14-7-16-17(11-23-21(16)22-9-14)18-8-19(28-25-18)20(27)13-5-3-2-4-6-13/h2-12,20,27H,1H3,(H,22,23). The summed E-state index contributed by atoms with van der Waals surface area (Å²) in [6.07, 6.45) is 6.55. The van der Waals surface area contributed by atoms with Crippen molar-refractivity contribution in [2.45, 2.75) is 6.10 Å². The van der Waals surface area contributed by atoms with Crippen molar-refractivity contribution in [3.05, 3.63) is 78.6 Å². The van der Waals surface area contributed by atoms with Gasteiger partial charge in [-0.2, -0.15) is 5.10 Å². The van der Waals surface area contributed by atoms with E-state index in [1.54, 1.807) is 16.9 Å². The fraction of sp³-hybridized carbons (Fsp3) is 0.0952. The van der Waals surface area contributed by atoms with Crippen molar-refractivity contribution < 1.29 is 9.63 Å². The molecule has 28 heavy (non-hydrogen) atoms. The maximum Gasteiger partial charge on any atom is 0.170 e. The third-order valence-corrected chi connectivity index (χ3v) is 4.76. The zero-order chi connectivity index (χ0) is 19.1. The Morgan fingerprint density at radius 2 is 1.96 bits per heavy atom. The Hall–Kier alpha value is -3.71. The van der Waals surface area contributed by atoms with Gasteiger partial charge >= 0.3 is 0 Å². The van der Waals surface area contributed by atoms with E-state index in [0.29, 0.717) is 11.5 Å². The normalized spacial score (nSPS) is 12.5. The molecule has 1 aromatic carbocycles. The first-order valence-corrected chi connectivity index (χ1v) is 8.85. The Morgan fingerprint density at radius 3 is 2.75 bits per heavy atom. The van der Waals surface area contributed by atoms with E-state index in [1.165, 1.54) is 0 Å². The SMILES string of the molecule is Cn1cc(-c2cnc3[nH]cc(-c4cc(C(O)c5ccccc5)on4)c3c2)cn1. The van der Waals surface area contributed by atoms with Gasteiger partial charge in [-0.15, -0.1) is 0 Å². The lowest BCUT2D eigenvalue weighted by molar-refractivity contribution is 0.176. The van der Waals surface area contributed by atoms with Crippen LogP contribution in [0.1, 0.15) is 17.4 Å². The number of hydrogen-bond donors (Lipinski definition) is 2. The van der Waals surface area contributed by atoms with Crippen molar-refractivity contribution in [3.8, 4) is 22.4 Å². The molecule has 1 unspecified atom stereocenters. The fourth-order valence-corrected chi connectivity index (χ4v) is 3.29. The van der Waals surface area contributed by atoms with Gasteiger partial charge in [0.05, 0.1) is 6.20 Å². The molecule has 2 N–H and O–H groups in total. The maximum atomic E-state index is 10.5. The number of nitrogens with one attached hydrogen (secondary N) is 1. The predicted molar refractivity (Wildman–Crippen MR) is 104 cm³/mol. The Balaban J connectivity index is 1.54. The molecular formula is C21H17N5O2. The molecule has 4 heterocycles. The van der Waals surface area contributed by atoms with Crippen LogP contribution in [0.2, 0.25) is 0 Å². The van der Waals surface area contributed by atoms with Gasteiger partial charge in [-0.3, -0.25) is 4.68 Å². The minimum absolute atomic E-state index is 0.395. The number of hydrogen-bond acceptors (Lipinski definition) is 5. The van der Waals surface area contributed by atoms with Gasteiger partial charge in [0.1, 0.15) is 17.4 Å². The van der Waals surface area contributed by atoms with E-state index in [4.69, 9.17) is 4.52 Å². The zero-order valence-corrected chi connectivity index (χ0v) is 15.1. The summed E-state index contributed by atoms with van der Waals surface area (Å²) in [5.74, 6) is 0.395. The van der Waals surface area contributed by atoms with Crippen LogP contribution in [-0.2, 0) is 7.05 Å². The number of aromatic amines is 1. The summed E-state index contributed by atoms with van der Waals surface area (Å²) < 4.78 is 7.18. The van der Waals surface area contributed by atoms with Crippen molar-refractivity contribution in [2.75, 3.05) is 0 Å².